The number of hydrogen-bond donors (Lipinski definition) is 2. The van der Waals surface area contributed by atoms with Crippen LogP contribution in [-0.2, 0) is 0 Å². The first-order chi connectivity index (χ1) is 10.1. The molecule has 0 aliphatic rings. The maximum Gasteiger partial charge on any atom is 0.375 e. The topological polar surface area (TPSA) is 109 Å². The molecule has 3 aromatic rings. The number of pyridine rings is 2. The van der Waals surface area contributed by atoms with E-state index >= 15 is 0 Å². The van der Waals surface area contributed by atoms with Crippen molar-refractivity contribution in [1.29, 1.82) is 0 Å². The molecule has 7 nitrogen and oxygen atoms in total. The molecule has 21 heavy (non-hydrogen) atoms. The number of para-hydroxylation sites is 1. The lowest BCUT2D eigenvalue weighted by molar-refractivity contribution is -0.387. The van der Waals surface area contributed by atoms with E-state index in [1.807, 2.05) is 0 Å². The van der Waals surface area contributed by atoms with E-state index in [2.05, 4.69) is 9.97 Å². The number of benzene rings is 1. The van der Waals surface area contributed by atoms with Crippen LogP contribution in [0.5, 0.6) is 5.75 Å². The summed E-state index contributed by atoms with van der Waals surface area (Å²) in [6.07, 6.45) is 3.21. The van der Waals surface area contributed by atoms with Crippen molar-refractivity contribution in [2.75, 3.05) is 0 Å². The fraction of sp³-hybridized carbons (Fsp3) is 0. The average Bonchev–Trinajstić information content (AvgIpc) is 2.47. The highest BCUT2D eigenvalue weighted by molar-refractivity contribution is 5.98. The zero-order chi connectivity index (χ0) is 15.0. The maximum atomic E-state index is 11.8. The van der Waals surface area contributed by atoms with Gasteiger partial charge in [0.2, 0.25) is 5.75 Å². The number of aromatic amines is 1. The van der Waals surface area contributed by atoms with Crippen LogP contribution in [0, 0.1) is 10.1 Å². The summed E-state index contributed by atoms with van der Waals surface area (Å²) >= 11 is 0. The summed E-state index contributed by atoms with van der Waals surface area (Å²) in [5, 5.41) is 21.1. The summed E-state index contributed by atoms with van der Waals surface area (Å²) in [5.74, 6) is -0.635. The molecule has 0 aliphatic heterocycles. The van der Waals surface area contributed by atoms with Crippen molar-refractivity contribution in [2.24, 2.45) is 0 Å². The molecule has 2 N–H and O–H groups in total. The maximum absolute atomic E-state index is 11.8. The SMILES string of the molecule is O=c1[nH]c2c(-c3cccnc3)cccc2c(O)c1[N+](=O)[O-]. The lowest BCUT2D eigenvalue weighted by atomic mass is 10.0. The monoisotopic (exact) mass is 283 g/mol. The number of nitrogens with one attached hydrogen (secondary N) is 1. The van der Waals surface area contributed by atoms with Crippen LogP contribution in [-0.4, -0.2) is 20.0 Å². The molecule has 0 saturated heterocycles. The van der Waals surface area contributed by atoms with Crippen molar-refractivity contribution in [3.05, 3.63) is 63.2 Å². The van der Waals surface area contributed by atoms with Gasteiger partial charge in [-0.2, -0.15) is 0 Å². The summed E-state index contributed by atoms with van der Waals surface area (Å²) in [7, 11) is 0. The quantitative estimate of drug-likeness (QED) is 0.553. The lowest BCUT2D eigenvalue weighted by Gasteiger charge is -2.07. The van der Waals surface area contributed by atoms with Gasteiger partial charge >= 0.3 is 11.2 Å². The van der Waals surface area contributed by atoms with Crippen LogP contribution in [0.3, 0.4) is 0 Å². The molecule has 0 radical (unpaired) electrons. The summed E-state index contributed by atoms with van der Waals surface area (Å²) in [6.45, 7) is 0. The first-order valence-corrected chi connectivity index (χ1v) is 6.02. The van der Waals surface area contributed by atoms with Crippen LogP contribution in [0.2, 0.25) is 0 Å². The highest BCUT2D eigenvalue weighted by Gasteiger charge is 2.23. The molecule has 0 unspecified atom stereocenters. The van der Waals surface area contributed by atoms with Crippen LogP contribution in [0.25, 0.3) is 22.0 Å². The molecule has 3 rings (SSSR count). The van der Waals surface area contributed by atoms with Gasteiger partial charge in [0, 0.05) is 28.9 Å². The zero-order valence-corrected chi connectivity index (χ0v) is 10.6. The van der Waals surface area contributed by atoms with E-state index in [4.69, 9.17) is 0 Å². The fourth-order valence-electron chi connectivity index (χ4n) is 2.22. The number of rotatable bonds is 2. The first-order valence-electron chi connectivity index (χ1n) is 6.02. The Morgan fingerprint density at radius 1 is 1.24 bits per heavy atom. The lowest BCUT2D eigenvalue weighted by Crippen LogP contribution is -2.12. The molecule has 104 valence electrons. The summed E-state index contributed by atoms with van der Waals surface area (Å²) < 4.78 is 0. The molecule has 2 heterocycles. The molecule has 0 atom stereocenters. The summed E-state index contributed by atoms with van der Waals surface area (Å²) in [6, 6.07) is 8.41. The number of hydrogen-bond acceptors (Lipinski definition) is 5. The number of fused-ring (bicyclic) bond motifs is 1. The fourth-order valence-corrected chi connectivity index (χ4v) is 2.22. The Morgan fingerprint density at radius 3 is 2.71 bits per heavy atom. The Balaban J connectivity index is 2.41. The predicted octanol–water partition coefficient (Wildman–Crippen LogP) is 2.20. The molecule has 0 saturated carbocycles. The van der Waals surface area contributed by atoms with Crippen molar-refractivity contribution >= 4 is 16.6 Å². The van der Waals surface area contributed by atoms with E-state index in [9.17, 15) is 20.0 Å². The van der Waals surface area contributed by atoms with E-state index in [-0.39, 0.29) is 5.39 Å². The second-order valence-corrected chi connectivity index (χ2v) is 4.38. The van der Waals surface area contributed by atoms with Gasteiger partial charge in [-0.3, -0.25) is 19.9 Å². The second-order valence-electron chi connectivity index (χ2n) is 4.38. The standard InChI is InChI=1S/C14H9N3O4/c18-13-10-5-1-4-9(8-3-2-6-15-7-8)11(10)16-14(19)12(13)17(20)21/h1-7H,(H2,16,18,19). The van der Waals surface area contributed by atoms with Gasteiger partial charge in [-0.1, -0.05) is 18.2 Å². The molecule has 2 aromatic heterocycles. The molecule has 0 aliphatic carbocycles. The zero-order valence-electron chi connectivity index (χ0n) is 10.6. The molecular formula is C14H9N3O4. The Labute approximate surface area is 117 Å². The van der Waals surface area contributed by atoms with E-state index in [1.54, 1.807) is 36.7 Å². The van der Waals surface area contributed by atoms with E-state index in [0.29, 0.717) is 11.1 Å². The smallest absolute Gasteiger partial charge is 0.375 e. The minimum absolute atomic E-state index is 0.211. The Hall–Kier alpha value is -3.22. The van der Waals surface area contributed by atoms with Crippen LogP contribution in [0.1, 0.15) is 0 Å². The highest BCUT2D eigenvalue weighted by atomic mass is 16.6. The summed E-state index contributed by atoms with van der Waals surface area (Å²) in [4.78, 5) is 28.2. The van der Waals surface area contributed by atoms with Gasteiger partial charge in [-0.25, -0.2) is 0 Å². The molecule has 1 aromatic carbocycles. The van der Waals surface area contributed by atoms with E-state index in [0.717, 1.165) is 5.56 Å². The van der Waals surface area contributed by atoms with Gasteiger partial charge in [0.05, 0.1) is 10.4 Å². The van der Waals surface area contributed by atoms with Crippen LogP contribution >= 0.6 is 0 Å². The van der Waals surface area contributed by atoms with Crippen molar-refractivity contribution < 1.29 is 10.0 Å². The van der Waals surface area contributed by atoms with Gasteiger partial charge in [0.25, 0.3) is 0 Å². The van der Waals surface area contributed by atoms with Gasteiger partial charge < -0.3 is 10.1 Å². The first kappa shape index (κ1) is 12.8. The number of H-pyrrole nitrogens is 1. The second kappa shape index (κ2) is 4.71. The number of aromatic nitrogens is 2. The number of aromatic hydroxyl groups is 1. The Morgan fingerprint density at radius 2 is 2.05 bits per heavy atom. The minimum Gasteiger partial charge on any atom is -0.501 e. The highest BCUT2D eigenvalue weighted by Crippen LogP contribution is 2.34. The Kier molecular flexibility index (Phi) is 2.87. The average molecular weight is 283 g/mol. The molecule has 7 heteroatoms. The van der Waals surface area contributed by atoms with Crippen molar-refractivity contribution in [1.82, 2.24) is 9.97 Å². The van der Waals surface area contributed by atoms with Crippen molar-refractivity contribution in [3.8, 4) is 16.9 Å². The Bertz CT molecular complexity index is 903. The molecular weight excluding hydrogens is 274 g/mol. The number of nitrogens with zero attached hydrogens (tertiary/aromatic N) is 2. The molecule has 0 fully saturated rings. The van der Waals surface area contributed by atoms with Crippen LogP contribution in [0.4, 0.5) is 5.69 Å². The third kappa shape index (κ3) is 2.00. The normalized spacial score (nSPS) is 10.7. The number of nitro groups is 1. The summed E-state index contributed by atoms with van der Waals surface area (Å²) in [5.41, 5.74) is -0.110. The largest absolute Gasteiger partial charge is 0.501 e. The van der Waals surface area contributed by atoms with Crippen molar-refractivity contribution in [2.45, 2.75) is 0 Å². The van der Waals surface area contributed by atoms with E-state index < -0.39 is 21.9 Å². The molecule has 0 amide bonds. The predicted molar refractivity (Wildman–Crippen MR) is 76.1 cm³/mol. The minimum atomic E-state index is -0.943. The van der Waals surface area contributed by atoms with Gasteiger partial charge in [-0.15, -0.1) is 0 Å². The molecule has 0 bridgehead atoms. The third-order valence-electron chi connectivity index (χ3n) is 3.15. The van der Waals surface area contributed by atoms with Gasteiger partial charge in [0.15, 0.2) is 0 Å². The molecule has 0 spiro atoms. The van der Waals surface area contributed by atoms with Crippen LogP contribution < -0.4 is 5.56 Å². The van der Waals surface area contributed by atoms with Gasteiger partial charge in [0.1, 0.15) is 0 Å². The van der Waals surface area contributed by atoms with Crippen molar-refractivity contribution in [3.63, 3.8) is 0 Å². The van der Waals surface area contributed by atoms with E-state index in [1.165, 1.54) is 6.07 Å². The van der Waals surface area contributed by atoms with Crippen LogP contribution in [0.15, 0.2) is 47.5 Å². The van der Waals surface area contributed by atoms with Gasteiger partial charge in [-0.05, 0) is 12.1 Å². The third-order valence-corrected chi connectivity index (χ3v) is 3.15.